The van der Waals surface area contributed by atoms with E-state index in [2.05, 4.69) is 16.0 Å². The number of carboxylic acid groups (broad SMARTS) is 1. The summed E-state index contributed by atoms with van der Waals surface area (Å²) in [5.41, 5.74) is 0.840. The summed E-state index contributed by atoms with van der Waals surface area (Å²) < 4.78 is 0. The number of unbranched alkanes of at least 4 members (excludes halogenated alkanes) is 3. The molecular weight excluding hydrogens is 464 g/mol. The summed E-state index contributed by atoms with van der Waals surface area (Å²) >= 11 is 0. The van der Waals surface area contributed by atoms with Gasteiger partial charge in [0.25, 0.3) is 11.8 Å². The van der Waals surface area contributed by atoms with Gasteiger partial charge in [0, 0.05) is 31.5 Å². The summed E-state index contributed by atoms with van der Waals surface area (Å²) in [4.78, 5) is 61.6. The number of aliphatic carboxylic acids is 1. The first kappa shape index (κ1) is 28.7. The molecule has 0 bridgehead atoms. The van der Waals surface area contributed by atoms with Crippen molar-refractivity contribution in [1.82, 2.24) is 20.9 Å². The van der Waals surface area contributed by atoms with E-state index in [0.717, 1.165) is 23.4 Å². The molecule has 0 unspecified atom stereocenters. The minimum Gasteiger partial charge on any atom is -0.480 e. The molecule has 0 saturated heterocycles. The second-order valence-corrected chi connectivity index (χ2v) is 8.78. The molecule has 0 spiro atoms. The van der Waals surface area contributed by atoms with Crippen LogP contribution in [0.2, 0.25) is 0 Å². The number of rotatable bonds is 17. The smallest absolute Gasteiger partial charge is 0.326 e. The number of hydrogen-bond acceptors (Lipinski definition) is 6. The zero-order valence-corrected chi connectivity index (χ0v) is 20.7. The first-order valence-corrected chi connectivity index (χ1v) is 12.4. The summed E-state index contributed by atoms with van der Waals surface area (Å²) in [5, 5.41) is 17.9. The van der Waals surface area contributed by atoms with Gasteiger partial charge in [-0.15, -0.1) is 0 Å². The second-order valence-electron chi connectivity index (χ2n) is 8.78. The number of nitrogens with zero attached hydrogens (tertiary/aromatic N) is 1. The van der Waals surface area contributed by atoms with Crippen LogP contribution < -0.4 is 16.0 Å². The minimum atomic E-state index is -1.11. The van der Waals surface area contributed by atoms with Crippen molar-refractivity contribution in [2.45, 2.75) is 63.5 Å². The van der Waals surface area contributed by atoms with E-state index in [1.807, 2.05) is 37.4 Å². The van der Waals surface area contributed by atoms with E-state index in [1.165, 1.54) is 12.2 Å². The van der Waals surface area contributed by atoms with Crippen molar-refractivity contribution in [2.24, 2.45) is 0 Å². The topological polar surface area (TPSA) is 145 Å². The molecule has 0 radical (unpaired) electrons. The Labute approximate surface area is 211 Å². The highest BCUT2D eigenvalue weighted by molar-refractivity contribution is 6.12. The summed E-state index contributed by atoms with van der Waals surface area (Å²) in [6.07, 6.45) is 6.35. The molecule has 0 aliphatic carbocycles. The number of carbonyl (C=O) groups is 5. The van der Waals surface area contributed by atoms with Gasteiger partial charge in [0.05, 0.1) is 0 Å². The molecule has 2 atom stereocenters. The molecule has 4 N–H and O–H groups in total. The molecule has 196 valence electrons. The first-order chi connectivity index (χ1) is 17.3. The van der Waals surface area contributed by atoms with Gasteiger partial charge in [-0.3, -0.25) is 24.1 Å². The average molecular weight is 501 g/mol. The number of amides is 4. The van der Waals surface area contributed by atoms with Crippen molar-refractivity contribution in [3.63, 3.8) is 0 Å². The SMILES string of the molecule is CNCCCC[C@H](NC(=O)[C@H](Cc1ccccc1)NC(=O)CCCCCN1C(=O)C=CC1=O)C(=O)O. The Morgan fingerprint density at radius 2 is 1.58 bits per heavy atom. The van der Waals surface area contributed by atoms with Gasteiger partial charge >= 0.3 is 5.97 Å². The fourth-order valence-electron chi connectivity index (χ4n) is 3.89. The van der Waals surface area contributed by atoms with Crippen molar-refractivity contribution >= 4 is 29.6 Å². The lowest BCUT2D eigenvalue weighted by Gasteiger charge is -2.22. The van der Waals surface area contributed by atoms with E-state index in [4.69, 9.17) is 0 Å². The number of imide groups is 1. The summed E-state index contributed by atoms with van der Waals surface area (Å²) in [6.45, 7) is 1.06. The number of carbonyl (C=O) groups excluding carboxylic acids is 4. The first-order valence-electron chi connectivity index (χ1n) is 12.4. The maximum atomic E-state index is 13.0. The van der Waals surface area contributed by atoms with Crippen molar-refractivity contribution in [3.05, 3.63) is 48.0 Å². The van der Waals surface area contributed by atoms with E-state index in [9.17, 15) is 29.1 Å². The van der Waals surface area contributed by atoms with Crippen LogP contribution in [0.3, 0.4) is 0 Å². The molecular formula is C26H36N4O6. The lowest BCUT2D eigenvalue weighted by Crippen LogP contribution is -2.52. The van der Waals surface area contributed by atoms with Crippen LogP contribution in [0, 0.1) is 0 Å². The van der Waals surface area contributed by atoms with Gasteiger partial charge in [-0.2, -0.15) is 0 Å². The molecule has 1 heterocycles. The number of nitrogens with one attached hydrogen (secondary N) is 3. The minimum absolute atomic E-state index is 0.172. The quantitative estimate of drug-likeness (QED) is 0.186. The van der Waals surface area contributed by atoms with E-state index in [1.54, 1.807) is 0 Å². The maximum Gasteiger partial charge on any atom is 0.326 e. The van der Waals surface area contributed by atoms with E-state index >= 15 is 0 Å². The molecule has 0 fully saturated rings. The van der Waals surface area contributed by atoms with Crippen LogP contribution in [0.4, 0.5) is 0 Å². The summed E-state index contributed by atoms with van der Waals surface area (Å²) in [5.74, 6) is -2.61. The predicted molar refractivity (Wildman–Crippen MR) is 134 cm³/mol. The molecule has 0 aromatic heterocycles. The third-order valence-corrected chi connectivity index (χ3v) is 5.90. The normalized spacial score (nSPS) is 14.5. The molecule has 10 heteroatoms. The average Bonchev–Trinajstić information content (AvgIpc) is 3.17. The highest BCUT2D eigenvalue weighted by Gasteiger charge is 2.27. The van der Waals surface area contributed by atoms with Crippen LogP contribution >= 0.6 is 0 Å². The summed E-state index contributed by atoms with van der Waals surface area (Å²) in [6, 6.07) is 7.25. The highest BCUT2D eigenvalue weighted by Crippen LogP contribution is 2.09. The van der Waals surface area contributed by atoms with Crippen LogP contribution in [0.15, 0.2) is 42.5 Å². The van der Waals surface area contributed by atoms with Crippen molar-refractivity contribution in [2.75, 3.05) is 20.1 Å². The van der Waals surface area contributed by atoms with Crippen molar-refractivity contribution in [1.29, 1.82) is 0 Å². The van der Waals surface area contributed by atoms with Gasteiger partial charge < -0.3 is 21.1 Å². The number of benzene rings is 1. The molecule has 36 heavy (non-hydrogen) atoms. The lowest BCUT2D eigenvalue weighted by atomic mass is 10.0. The molecule has 0 saturated carbocycles. The van der Waals surface area contributed by atoms with Gasteiger partial charge in [0.15, 0.2) is 0 Å². The van der Waals surface area contributed by atoms with Gasteiger partial charge in [0.1, 0.15) is 12.1 Å². The Balaban J connectivity index is 1.87. The van der Waals surface area contributed by atoms with Gasteiger partial charge in [-0.05, 0) is 51.3 Å². The second kappa shape index (κ2) is 15.5. The maximum absolute atomic E-state index is 13.0. The monoisotopic (exact) mass is 500 g/mol. The number of hydrogen-bond donors (Lipinski definition) is 4. The van der Waals surface area contributed by atoms with Crippen LogP contribution in [-0.4, -0.2) is 71.8 Å². The molecule has 10 nitrogen and oxygen atoms in total. The van der Waals surface area contributed by atoms with Crippen LogP contribution in [-0.2, 0) is 30.4 Å². The Morgan fingerprint density at radius 1 is 0.889 bits per heavy atom. The zero-order chi connectivity index (χ0) is 26.3. The van der Waals surface area contributed by atoms with Crippen molar-refractivity contribution in [3.8, 4) is 0 Å². The Bertz CT molecular complexity index is 916. The van der Waals surface area contributed by atoms with Crippen LogP contribution in [0.25, 0.3) is 0 Å². The third-order valence-electron chi connectivity index (χ3n) is 5.90. The Morgan fingerprint density at radius 3 is 2.22 bits per heavy atom. The fraction of sp³-hybridized carbons (Fsp3) is 0.500. The van der Waals surface area contributed by atoms with Crippen molar-refractivity contribution < 1.29 is 29.1 Å². The molecule has 2 rings (SSSR count). The largest absolute Gasteiger partial charge is 0.480 e. The molecule has 1 aromatic carbocycles. The third kappa shape index (κ3) is 9.99. The predicted octanol–water partition coefficient (Wildman–Crippen LogP) is 1.16. The molecule has 1 aromatic rings. The molecule has 1 aliphatic heterocycles. The highest BCUT2D eigenvalue weighted by atomic mass is 16.4. The van der Waals surface area contributed by atoms with Crippen LogP contribution in [0.1, 0.15) is 50.5 Å². The zero-order valence-electron chi connectivity index (χ0n) is 20.7. The fourth-order valence-corrected chi connectivity index (χ4v) is 3.89. The van der Waals surface area contributed by atoms with Crippen LogP contribution in [0.5, 0.6) is 0 Å². The number of carboxylic acids is 1. The molecule has 4 amide bonds. The van der Waals surface area contributed by atoms with Gasteiger partial charge in [-0.25, -0.2) is 4.79 Å². The molecule has 1 aliphatic rings. The van der Waals surface area contributed by atoms with Gasteiger partial charge in [-0.1, -0.05) is 36.8 Å². The van der Waals surface area contributed by atoms with E-state index < -0.39 is 24.0 Å². The van der Waals surface area contributed by atoms with Gasteiger partial charge in [0.2, 0.25) is 11.8 Å². The van der Waals surface area contributed by atoms with E-state index in [-0.39, 0.29) is 30.6 Å². The Hall–Kier alpha value is -3.53. The summed E-state index contributed by atoms with van der Waals surface area (Å²) in [7, 11) is 1.82. The standard InChI is InChI=1S/C26H36N4O6/c1-27-16-8-7-12-20(26(35)36)29-25(34)21(18-19-10-4-2-5-11-19)28-22(31)13-6-3-9-17-30-23(32)14-15-24(30)33/h2,4-5,10-11,14-15,20-21,27H,3,6-9,12-13,16-18H2,1H3,(H,28,31)(H,29,34)(H,35,36)/t20-,21-/m0/s1. The Kier molecular flexibility index (Phi) is 12.3. The van der Waals surface area contributed by atoms with E-state index in [0.29, 0.717) is 38.6 Å². The lowest BCUT2D eigenvalue weighted by molar-refractivity contribution is -0.142.